The number of fused-ring (bicyclic) bond motifs is 26. The van der Waals surface area contributed by atoms with Gasteiger partial charge in [0, 0.05) is 115 Å². The molecule has 25 aromatic carbocycles. The standard InChI is InChI=1S/C48H29NO2.C44H29NO.C42H27NO/c1-2-9-30(10-3-1)33-19-23-37-34(27-33)12-8-15-42(37)49(35-21-25-44-40(28-35)39-14-6-7-16-43(39)50-44)36-22-26-45-41(29-36)48-46(51-45)24-20-32-18-17-31-11-4-5-13-38(31)47(32)48;1-3-16-35(17-4-1)45(36-18-5-2-6-19-36)37-20-10-14-33(29-37)32-13-9-15-34(28-32)39-22-11-23-40-43-41(46-44(39)40)27-26-31-25-24-30-12-7-8-21-38(30)42(31)43;1-3-12-31(13-4-1)43(32-14-5-2-6-15-32)38-24-23-33(35-17-9-10-18-36(35)38)30-22-25-39-37(27-30)42-40(44-39)26-21-29-20-19-28-11-7-8-16-34(28)41(29)42/h1-29H;1-29H;1-27H. The third-order valence-corrected chi connectivity index (χ3v) is 28.2. The molecule has 7 heteroatoms. The smallest absolute Gasteiger partial charge is 0.143 e. The lowest BCUT2D eigenvalue weighted by atomic mass is 9.94. The van der Waals surface area contributed by atoms with Crippen LogP contribution < -0.4 is 14.7 Å². The maximum atomic E-state index is 6.68. The number of anilines is 9. The van der Waals surface area contributed by atoms with Crippen LogP contribution in [0.2, 0.25) is 0 Å². The van der Waals surface area contributed by atoms with Crippen molar-refractivity contribution in [3.63, 3.8) is 0 Å². The quantitative estimate of drug-likeness (QED) is 0.107. The summed E-state index contributed by atoms with van der Waals surface area (Å²) in [6.07, 6.45) is 0. The van der Waals surface area contributed by atoms with Gasteiger partial charge in [-0.3, -0.25) is 0 Å². The fourth-order valence-corrected chi connectivity index (χ4v) is 21.8. The Balaban J connectivity index is 0.000000106. The first kappa shape index (κ1) is 81.7. The van der Waals surface area contributed by atoms with Crippen molar-refractivity contribution in [2.24, 2.45) is 0 Å². The van der Waals surface area contributed by atoms with Crippen LogP contribution in [0.15, 0.2) is 533 Å². The van der Waals surface area contributed by atoms with E-state index in [0.717, 1.165) is 150 Å². The molecule has 0 spiro atoms. The molecule has 7 nitrogen and oxygen atoms in total. The molecule has 0 saturated carbocycles. The van der Waals surface area contributed by atoms with Gasteiger partial charge in [0.05, 0.1) is 11.4 Å². The van der Waals surface area contributed by atoms with Crippen molar-refractivity contribution in [3.05, 3.63) is 516 Å². The summed E-state index contributed by atoms with van der Waals surface area (Å²) in [6.45, 7) is 0. The number of furan rings is 4. The van der Waals surface area contributed by atoms with Crippen LogP contribution in [0, 0.1) is 0 Å². The Kier molecular flexibility index (Phi) is 19.8. The maximum Gasteiger partial charge on any atom is 0.143 e. The Morgan fingerprint density at radius 1 is 0.128 bits per heavy atom. The van der Waals surface area contributed by atoms with Crippen LogP contribution in [0.1, 0.15) is 0 Å². The fourth-order valence-electron chi connectivity index (χ4n) is 21.8. The number of hydrogen-bond acceptors (Lipinski definition) is 7. The molecule has 29 aromatic rings. The zero-order valence-electron chi connectivity index (χ0n) is 76.5. The number of hydrogen-bond donors (Lipinski definition) is 0. The molecule has 0 atom stereocenters. The van der Waals surface area contributed by atoms with Crippen LogP contribution >= 0.6 is 0 Å². The van der Waals surface area contributed by atoms with Crippen LogP contribution in [-0.2, 0) is 0 Å². The predicted molar refractivity (Wildman–Crippen MR) is 594 cm³/mol. The van der Waals surface area contributed by atoms with E-state index in [1.54, 1.807) is 0 Å². The zero-order valence-corrected chi connectivity index (χ0v) is 76.5. The molecule has 0 amide bonds. The molecule has 0 N–H and O–H groups in total. The third-order valence-electron chi connectivity index (χ3n) is 28.2. The van der Waals surface area contributed by atoms with Gasteiger partial charge in [-0.15, -0.1) is 0 Å². The minimum Gasteiger partial charge on any atom is -0.456 e. The zero-order chi connectivity index (χ0) is 93.0. The van der Waals surface area contributed by atoms with E-state index >= 15 is 0 Å². The van der Waals surface area contributed by atoms with E-state index in [-0.39, 0.29) is 0 Å². The number of para-hydroxylation sites is 6. The van der Waals surface area contributed by atoms with Gasteiger partial charge in [-0.2, -0.15) is 0 Å². The van der Waals surface area contributed by atoms with Crippen molar-refractivity contribution in [2.45, 2.75) is 0 Å². The van der Waals surface area contributed by atoms with Gasteiger partial charge >= 0.3 is 0 Å². The van der Waals surface area contributed by atoms with Crippen molar-refractivity contribution in [1.29, 1.82) is 0 Å². The Morgan fingerprint density at radius 2 is 0.482 bits per heavy atom. The van der Waals surface area contributed by atoms with Crippen molar-refractivity contribution in [1.82, 2.24) is 0 Å². The summed E-state index contributed by atoms with van der Waals surface area (Å²) in [5.74, 6) is 0. The van der Waals surface area contributed by atoms with Gasteiger partial charge < -0.3 is 32.4 Å². The molecule has 4 aromatic heterocycles. The highest BCUT2D eigenvalue weighted by molar-refractivity contribution is 6.31. The summed E-state index contributed by atoms with van der Waals surface area (Å²) in [5.41, 5.74) is 26.5. The second-order valence-electron chi connectivity index (χ2n) is 36.4. The first-order chi connectivity index (χ1) is 69.9. The monoisotopic (exact) mass is 1800 g/mol. The van der Waals surface area contributed by atoms with Gasteiger partial charge in [-0.1, -0.05) is 358 Å². The maximum absolute atomic E-state index is 6.68. The van der Waals surface area contributed by atoms with E-state index in [2.05, 4.69) is 518 Å². The van der Waals surface area contributed by atoms with E-state index in [9.17, 15) is 0 Å². The Hall–Kier alpha value is -18.8. The SMILES string of the molecule is c1ccc(-c2ccc3c(N(c4ccc5oc6ccccc6c5c4)c4ccc5oc6ccc7ccc8ccccc8c7c6c5c4)cccc3c2)cc1.c1ccc(N(c2ccccc2)c2ccc(-c3ccc4oc5ccc6ccc7ccccc7c6c5c4c3)c3ccccc23)cc1.c1ccc(N(c2ccccc2)c2cccc(-c3cccc(-c4cccc5c4oc4ccc6ccc7ccccc7c6c45)c3)c2)cc1. The molecule has 0 aliphatic rings. The van der Waals surface area contributed by atoms with Crippen LogP contribution in [0.3, 0.4) is 0 Å². The van der Waals surface area contributed by atoms with Gasteiger partial charge in [0.25, 0.3) is 0 Å². The van der Waals surface area contributed by atoms with E-state index < -0.39 is 0 Å². The van der Waals surface area contributed by atoms with E-state index in [0.29, 0.717) is 0 Å². The van der Waals surface area contributed by atoms with Gasteiger partial charge in [0.2, 0.25) is 0 Å². The minimum absolute atomic E-state index is 0.871. The molecule has 0 saturated heterocycles. The van der Waals surface area contributed by atoms with Crippen LogP contribution in [0.4, 0.5) is 51.2 Å². The average Bonchev–Trinajstić information content (AvgIpc) is 1.75. The first-order valence-corrected chi connectivity index (χ1v) is 48.0. The number of benzene rings is 25. The number of nitrogens with zero attached hydrogens (tertiary/aromatic N) is 3. The van der Waals surface area contributed by atoms with Crippen LogP contribution in [-0.4, -0.2) is 0 Å². The molecule has 0 radical (unpaired) electrons. The average molecular weight is 1800 g/mol. The third kappa shape index (κ3) is 14.3. The molecular weight excluding hydrogens is 1720 g/mol. The minimum atomic E-state index is 0.871. The summed E-state index contributed by atoms with van der Waals surface area (Å²) in [7, 11) is 0. The van der Waals surface area contributed by atoms with Crippen molar-refractivity contribution in [3.8, 4) is 44.5 Å². The lowest BCUT2D eigenvalue weighted by Crippen LogP contribution is -2.10. The fraction of sp³-hybridized carbons (Fsp3) is 0. The molecule has 0 unspecified atom stereocenters. The van der Waals surface area contributed by atoms with E-state index in [4.69, 9.17) is 17.7 Å². The molecule has 660 valence electrons. The molecule has 141 heavy (non-hydrogen) atoms. The molecule has 4 heterocycles. The van der Waals surface area contributed by atoms with Gasteiger partial charge in [0.15, 0.2) is 0 Å². The van der Waals surface area contributed by atoms with Crippen LogP contribution in [0.5, 0.6) is 0 Å². The van der Waals surface area contributed by atoms with E-state index in [1.165, 1.54) is 119 Å². The van der Waals surface area contributed by atoms with Gasteiger partial charge in [0.1, 0.15) is 44.7 Å². The highest BCUT2D eigenvalue weighted by atomic mass is 16.3. The molecule has 29 rings (SSSR count). The summed E-state index contributed by atoms with van der Waals surface area (Å²) in [5, 5.41) is 28.6. The van der Waals surface area contributed by atoms with E-state index in [1.807, 2.05) is 12.1 Å². The lowest BCUT2D eigenvalue weighted by molar-refractivity contribution is 0.668. The lowest BCUT2D eigenvalue weighted by Gasteiger charge is -2.27. The van der Waals surface area contributed by atoms with Gasteiger partial charge in [-0.05, 0) is 256 Å². The molecule has 0 bridgehead atoms. The second-order valence-corrected chi connectivity index (χ2v) is 36.4. The van der Waals surface area contributed by atoms with Gasteiger partial charge in [-0.25, -0.2) is 0 Å². The molecule has 0 aliphatic heterocycles. The highest BCUT2D eigenvalue weighted by Gasteiger charge is 2.26. The van der Waals surface area contributed by atoms with Crippen LogP contribution in [0.25, 0.3) is 218 Å². The van der Waals surface area contributed by atoms with Crippen molar-refractivity contribution in [2.75, 3.05) is 14.7 Å². The Labute approximate surface area is 811 Å². The van der Waals surface area contributed by atoms with Crippen molar-refractivity contribution >= 4 is 225 Å². The summed E-state index contributed by atoms with van der Waals surface area (Å²) < 4.78 is 25.9. The topological polar surface area (TPSA) is 62.3 Å². The first-order valence-electron chi connectivity index (χ1n) is 48.0. The normalized spacial score (nSPS) is 11.7. The number of rotatable bonds is 13. The predicted octanol–water partition coefficient (Wildman–Crippen LogP) is 39.0. The van der Waals surface area contributed by atoms with Crippen molar-refractivity contribution < 1.29 is 17.7 Å². The molecule has 0 fully saturated rings. The highest BCUT2D eigenvalue weighted by Crippen LogP contribution is 2.51. The Morgan fingerprint density at radius 3 is 1.08 bits per heavy atom. The molecule has 0 aliphatic carbocycles. The summed E-state index contributed by atoms with van der Waals surface area (Å²) >= 11 is 0. The molecular formula is C134H85N3O4. The second kappa shape index (κ2) is 34.2. The summed E-state index contributed by atoms with van der Waals surface area (Å²) in [6, 6.07) is 184. The Bertz CT molecular complexity index is 9900. The largest absolute Gasteiger partial charge is 0.456 e. The summed E-state index contributed by atoms with van der Waals surface area (Å²) in [4.78, 5) is 7.03.